The van der Waals surface area contributed by atoms with E-state index in [0.29, 0.717) is 12.0 Å². The first-order chi connectivity index (χ1) is 8.47. The standard InChI is InChI=1S/C13H16F3NO/c14-13(15,16)10-4-5-12(18)9(7-10)8-11-3-1-2-6-17-11/h4-5,7,11,17-18H,1-3,6,8H2. The molecule has 1 heterocycles. The van der Waals surface area contributed by atoms with Gasteiger partial charge in [-0.2, -0.15) is 13.2 Å². The number of nitrogens with one attached hydrogen (secondary N) is 1. The first kappa shape index (κ1) is 13.2. The van der Waals surface area contributed by atoms with E-state index in [1.54, 1.807) is 0 Å². The molecule has 0 amide bonds. The third kappa shape index (κ3) is 3.16. The van der Waals surface area contributed by atoms with E-state index in [4.69, 9.17) is 0 Å². The lowest BCUT2D eigenvalue weighted by Crippen LogP contribution is -2.35. The Labute approximate surface area is 104 Å². The van der Waals surface area contributed by atoms with Crippen molar-refractivity contribution in [2.45, 2.75) is 37.9 Å². The first-order valence-electron chi connectivity index (χ1n) is 6.09. The molecule has 2 N–H and O–H groups in total. The predicted octanol–water partition coefficient (Wildman–Crippen LogP) is 3.10. The Kier molecular flexibility index (Phi) is 3.80. The highest BCUT2D eigenvalue weighted by Gasteiger charge is 2.31. The molecule has 1 aromatic rings. The average molecular weight is 259 g/mol. The fourth-order valence-corrected chi connectivity index (χ4v) is 2.29. The Morgan fingerprint density at radius 3 is 2.67 bits per heavy atom. The summed E-state index contributed by atoms with van der Waals surface area (Å²) in [7, 11) is 0. The van der Waals surface area contributed by atoms with Crippen molar-refractivity contribution in [3.63, 3.8) is 0 Å². The molecule has 0 saturated carbocycles. The number of halogens is 3. The molecule has 18 heavy (non-hydrogen) atoms. The van der Waals surface area contributed by atoms with Gasteiger partial charge in [-0.3, -0.25) is 0 Å². The van der Waals surface area contributed by atoms with E-state index in [1.165, 1.54) is 0 Å². The molecule has 0 radical (unpaired) electrons. The molecule has 1 fully saturated rings. The molecule has 1 aromatic carbocycles. The summed E-state index contributed by atoms with van der Waals surface area (Å²) in [5.74, 6) is -0.0598. The van der Waals surface area contributed by atoms with E-state index in [9.17, 15) is 18.3 Å². The summed E-state index contributed by atoms with van der Waals surface area (Å²) in [5, 5.41) is 12.9. The monoisotopic (exact) mass is 259 g/mol. The van der Waals surface area contributed by atoms with Gasteiger partial charge >= 0.3 is 6.18 Å². The van der Waals surface area contributed by atoms with Crippen LogP contribution < -0.4 is 5.32 Å². The van der Waals surface area contributed by atoms with E-state index >= 15 is 0 Å². The van der Waals surface area contributed by atoms with Crippen LogP contribution in [0.4, 0.5) is 13.2 Å². The Hall–Kier alpha value is -1.23. The second kappa shape index (κ2) is 5.18. The fourth-order valence-electron chi connectivity index (χ4n) is 2.29. The number of alkyl halides is 3. The average Bonchev–Trinajstić information content (AvgIpc) is 2.32. The van der Waals surface area contributed by atoms with E-state index in [0.717, 1.165) is 44.0 Å². The van der Waals surface area contributed by atoms with Gasteiger partial charge in [0.15, 0.2) is 0 Å². The van der Waals surface area contributed by atoms with Crippen LogP contribution in [0.3, 0.4) is 0 Å². The number of hydrogen-bond donors (Lipinski definition) is 2. The summed E-state index contributed by atoms with van der Waals surface area (Å²) in [6.07, 6.45) is -0.795. The highest BCUT2D eigenvalue weighted by Crippen LogP contribution is 2.32. The molecule has 0 aromatic heterocycles. The quantitative estimate of drug-likeness (QED) is 0.855. The lowest BCUT2D eigenvalue weighted by molar-refractivity contribution is -0.137. The van der Waals surface area contributed by atoms with Gasteiger partial charge in [0.25, 0.3) is 0 Å². The highest BCUT2D eigenvalue weighted by atomic mass is 19.4. The van der Waals surface area contributed by atoms with Crippen molar-refractivity contribution in [1.82, 2.24) is 5.32 Å². The van der Waals surface area contributed by atoms with E-state index in [-0.39, 0.29) is 11.8 Å². The van der Waals surface area contributed by atoms with Crippen molar-refractivity contribution in [1.29, 1.82) is 0 Å². The molecular formula is C13H16F3NO. The highest BCUT2D eigenvalue weighted by molar-refractivity contribution is 5.37. The van der Waals surface area contributed by atoms with Crippen molar-refractivity contribution in [3.05, 3.63) is 29.3 Å². The fraction of sp³-hybridized carbons (Fsp3) is 0.538. The zero-order valence-corrected chi connectivity index (χ0v) is 9.93. The number of piperidine rings is 1. The zero-order valence-electron chi connectivity index (χ0n) is 9.93. The van der Waals surface area contributed by atoms with Crippen LogP contribution in [0.5, 0.6) is 5.75 Å². The van der Waals surface area contributed by atoms with Crippen LogP contribution in [0.2, 0.25) is 0 Å². The van der Waals surface area contributed by atoms with Gasteiger partial charge in [0.1, 0.15) is 5.75 Å². The van der Waals surface area contributed by atoms with Crippen molar-refractivity contribution in [2.24, 2.45) is 0 Å². The number of phenols is 1. The minimum atomic E-state index is -4.36. The molecule has 1 aliphatic rings. The molecule has 5 heteroatoms. The molecule has 1 unspecified atom stereocenters. The molecule has 1 atom stereocenters. The van der Waals surface area contributed by atoms with Crippen LogP contribution in [0.25, 0.3) is 0 Å². The minimum Gasteiger partial charge on any atom is -0.508 e. The number of hydrogen-bond acceptors (Lipinski definition) is 2. The Morgan fingerprint density at radius 1 is 1.28 bits per heavy atom. The lowest BCUT2D eigenvalue weighted by Gasteiger charge is -2.24. The minimum absolute atomic E-state index is 0.0598. The van der Waals surface area contributed by atoms with Gasteiger partial charge in [-0.05, 0) is 49.6 Å². The maximum Gasteiger partial charge on any atom is 0.416 e. The topological polar surface area (TPSA) is 32.3 Å². The zero-order chi connectivity index (χ0) is 13.2. The second-order valence-electron chi connectivity index (χ2n) is 4.69. The van der Waals surface area contributed by atoms with Crippen LogP contribution in [0.1, 0.15) is 30.4 Å². The maximum atomic E-state index is 12.6. The smallest absolute Gasteiger partial charge is 0.416 e. The maximum absolute atomic E-state index is 12.6. The van der Waals surface area contributed by atoms with Gasteiger partial charge in [-0.25, -0.2) is 0 Å². The van der Waals surface area contributed by atoms with E-state index in [2.05, 4.69) is 5.32 Å². The molecule has 0 aliphatic carbocycles. The van der Waals surface area contributed by atoms with E-state index < -0.39 is 11.7 Å². The summed E-state index contributed by atoms with van der Waals surface area (Å²) in [5.41, 5.74) is -0.338. The van der Waals surface area contributed by atoms with Crippen LogP contribution in [-0.4, -0.2) is 17.7 Å². The van der Waals surface area contributed by atoms with Crippen LogP contribution in [-0.2, 0) is 12.6 Å². The summed E-state index contributed by atoms with van der Waals surface area (Å²) < 4.78 is 37.7. The van der Waals surface area contributed by atoms with E-state index in [1.807, 2.05) is 0 Å². The summed E-state index contributed by atoms with van der Waals surface area (Å²) in [4.78, 5) is 0. The predicted molar refractivity (Wildman–Crippen MR) is 62.5 cm³/mol. The SMILES string of the molecule is Oc1ccc(C(F)(F)F)cc1CC1CCCCN1. The van der Waals surface area contributed by atoms with Crippen LogP contribution in [0.15, 0.2) is 18.2 Å². The van der Waals surface area contributed by atoms with Gasteiger partial charge < -0.3 is 10.4 Å². The van der Waals surface area contributed by atoms with Gasteiger partial charge in [-0.1, -0.05) is 6.42 Å². The van der Waals surface area contributed by atoms with Gasteiger partial charge in [0.2, 0.25) is 0 Å². The molecule has 2 nitrogen and oxygen atoms in total. The number of rotatable bonds is 2. The number of phenolic OH excluding ortho intramolecular Hbond substituents is 1. The Balaban J connectivity index is 2.15. The molecule has 1 aliphatic heterocycles. The van der Waals surface area contributed by atoms with Crippen LogP contribution >= 0.6 is 0 Å². The molecular weight excluding hydrogens is 243 g/mol. The van der Waals surface area contributed by atoms with Crippen LogP contribution in [0, 0.1) is 0 Å². The third-order valence-electron chi connectivity index (χ3n) is 3.29. The van der Waals surface area contributed by atoms with Gasteiger partial charge in [-0.15, -0.1) is 0 Å². The third-order valence-corrected chi connectivity index (χ3v) is 3.29. The molecule has 2 rings (SSSR count). The molecule has 0 bridgehead atoms. The summed E-state index contributed by atoms with van der Waals surface area (Å²) in [6.45, 7) is 0.893. The molecule has 100 valence electrons. The number of aromatic hydroxyl groups is 1. The number of benzene rings is 1. The van der Waals surface area contributed by atoms with Crippen molar-refractivity contribution < 1.29 is 18.3 Å². The van der Waals surface area contributed by atoms with Crippen molar-refractivity contribution >= 4 is 0 Å². The Morgan fingerprint density at radius 2 is 2.06 bits per heavy atom. The van der Waals surface area contributed by atoms with Crippen molar-refractivity contribution in [2.75, 3.05) is 6.54 Å². The van der Waals surface area contributed by atoms with Gasteiger partial charge in [0, 0.05) is 6.04 Å². The lowest BCUT2D eigenvalue weighted by atomic mass is 9.96. The summed E-state index contributed by atoms with van der Waals surface area (Å²) >= 11 is 0. The Bertz CT molecular complexity index is 411. The first-order valence-corrected chi connectivity index (χ1v) is 6.09. The molecule has 0 spiro atoms. The second-order valence-corrected chi connectivity index (χ2v) is 4.69. The molecule has 1 saturated heterocycles. The van der Waals surface area contributed by atoms with Crippen molar-refractivity contribution in [3.8, 4) is 5.75 Å². The van der Waals surface area contributed by atoms with Gasteiger partial charge in [0.05, 0.1) is 5.56 Å². The normalized spacial score (nSPS) is 20.9. The summed E-state index contributed by atoms with van der Waals surface area (Å²) in [6, 6.07) is 3.24. The largest absolute Gasteiger partial charge is 0.508 e.